The minimum absolute atomic E-state index is 0.0933. The van der Waals surface area contributed by atoms with Gasteiger partial charge in [-0.25, -0.2) is 13.1 Å². The van der Waals surface area contributed by atoms with Gasteiger partial charge in [0.05, 0.1) is 11.4 Å². The predicted octanol–water partition coefficient (Wildman–Crippen LogP) is 1.29. The maximum atomic E-state index is 12.5. The fourth-order valence-corrected chi connectivity index (χ4v) is 4.11. The first-order chi connectivity index (χ1) is 9.49. The summed E-state index contributed by atoms with van der Waals surface area (Å²) >= 11 is 0. The lowest BCUT2D eigenvalue weighted by atomic mass is 10.3. The number of rotatable bonds is 8. The molecule has 1 aromatic rings. The van der Waals surface area contributed by atoms with Crippen molar-refractivity contribution in [2.45, 2.75) is 57.5 Å². The van der Waals surface area contributed by atoms with Crippen molar-refractivity contribution >= 4 is 10.0 Å². The first kappa shape index (κ1) is 15.5. The van der Waals surface area contributed by atoms with Crippen molar-refractivity contribution in [1.82, 2.24) is 20.2 Å². The lowest BCUT2D eigenvalue weighted by Crippen LogP contribution is -2.29. The number of aryl methyl sites for hydroxylation is 1. The van der Waals surface area contributed by atoms with E-state index < -0.39 is 10.0 Å². The lowest BCUT2D eigenvalue weighted by Gasteiger charge is -2.08. The molecule has 20 heavy (non-hydrogen) atoms. The summed E-state index contributed by atoms with van der Waals surface area (Å²) in [5, 5.41) is 10.1. The zero-order chi connectivity index (χ0) is 14.8. The number of hydrogen-bond acceptors (Lipinski definition) is 4. The molecule has 1 saturated carbocycles. The second kappa shape index (κ2) is 6.24. The monoisotopic (exact) mass is 300 g/mol. The van der Waals surface area contributed by atoms with Crippen LogP contribution in [0.1, 0.15) is 44.5 Å². The third kappa shape index (κ3) is 3.39. The molecule has 3 N–H and O–H groups in total. The molecule has 2 unspecified atom stereocenters. The standard InChI is InChI=1S/C13H24N4O2S/c1-4-6-14-8-12-13(9(3)15-16-12)20(18,19)17-11-7-10(11)5-2/h10-11,14,17H,4-8H2,1-3H3,(H,15,16). The number of H-pyrrole nitrogens is 1. The smallest absolute Gasteiger partial charge is 0.244 e. The Balaban J connectivity index is 2.11. The van der Waals surface area contributed by atoms with Gasteiger partial charge in [0.2, 0.25) is 10.0 Å². The zero-order valence-corrected chi connectivity index (χ0v) is 13.2. The number of nitrogens with zero attached hydrogens (tertiary/aromatic N) is 1. The van der Waals surface area contributed by atoms with Crippen LogP contribution in [0.3, 0.4) is 0 Å². The third-order valence-corrected chi connectivity index (χ3v) is 5.40. The Hall–Kier alpha value is -0.920. The van der Waals surface area contributed by atoms with Crippen molar-refractivity contribution in [1.29, 1.82) is 0 Å². The Morgan fingerprint density at radius 2 is 2.15 bits per heavy atom. The van der Waals surface area contributed by atoms with Gasteiger partial charge in [-0.3, -0.25) is 5.10 Å². The van der Waals surface area contributed by atoms with E-state index in [9.17, 15) is 8.42 Å². The Morgan fingerprint density at radius 3 is 2.75 bits per heavy atom. The van der Waals surface area contributed by atoms with E-state index in [1.807, 2.05) is 0 Å². The van der Waals surface area contributed by atoms with Gasteiger partial charge in [0.25, 0.3) is 0 Å². The Kier molecular flexibility index (Phi) is 4.82. The van der Waals surface area contributed by atoms with Crippen LogP contribution in [0.15, 0.2) is 4.90 Å². The topological polar surface area (TPSA) is 86.9 Å². The molecule has 0 radical (unpaired) electrons. The van der Waals surface area contributed by atoms with Gasteiger partial charge >= 0.3 is 0 Å². The number of aromatic nitrogens is 2. The van der Waals surface area contributed by atoms with Crippen molar-refractivity contribution in [3.63, 3.8) is 0 Å². The van der Waals surface area contributed by atoms with E-state index in [0.717, 1.165) is 25.8 Å². The summed E-state index contributed by atoms with van der Waals surface area (Å²) in [6.07, 6.45) is 2.96. The van der Waals surface area contributed by atoms with Crippen molar-refractivity contribution in [3.8, 4) is 0 Å². The molecule has 0 aliphatic heterocycles. The molecule has 7 heteroatoms. The largest absolute Gasteiger partial charge is 0.311 e. The zero-order valence-electron chi connectivity index (χ0n) is 12.4. The first-order valence-corrected chi connectivity index (χ1v) is 8.74. The SMILES string of the molecule is CCCNCc1n[nH]c(C)c1S(=O)(=O)NC1CC1CC. The summed E-state index contributed by atoms with van der Waals surface area (Å²) in [7, 11) is -3.48. The summed E-state index contributed by atoms with van der Waals surface area (Å²) in [6, 6.07) is 0.0933. The van der Waals surface area contributed by atoms with Crippen LogP contribution in [0.25, 0.3) is 0 Å². The second-order valence-electron chi connectivity index (χ2n) is 5.43. The Labute approximate surface area is 120 Å². The number of sulfonamides is 1. The van der Waals surface area contributed by atoms with Crippen LogP contribution in [0.2, 0.25) is 0 Å². The van der Waals surface area contributed by atoms with Gasteiger partial charge in [-0.05, 0) is 32.2 Å². The maximum absolute atomic E-state index is 12.5. The average Bonchev–Trinajstić information content (AvgIpc) is 3.01. The van der Waals surface area contributed by atoms with E-state index in [-0.39, 0.29) is 6.04 Å². The summed E-state index contributed by atoms with van der Waals surface area (Å²) in [5.41, 5.74) is 1.16. The van der Waals surface area contributed by atoms with Gasteiger partial charge in [-0.15, -0.1) is 0 Å². The Bertz CT molecular complexity index is 553. The first-order valence-electron chi connectivity index (χ1n) is 7.26. The molecule has 1 aliphatic rings. The van der Waals surface area contributed by atoms with Crippen LogP contribution in [-0.2, 0) is 16.6 Å². The number of hydrogen-bond donors (Lipinski definition) is 3. The maximum Gasteiger partial charge on any atom is 0.244 e. The normalized spacial score (nSPS) is 22.1. The molecule has 6 nitrogen and oxygen atoms in total. The lowest BCUT2D eigenvalue weighted by molar-refractivity contribution is 0.572. The fraction of sp³-hybridized carbons (Fsp3) is 0.769. The molecule has 1 aromatic heterocycles. The molecule has 0 saturated heterocycles. The quantitative estimate of drug-likeness (QED) is 0.631. The molecular weight excluding hydrogens is 276 g/mol. The van der Waals surface area contributed by atoms with Gasteiger partial charge in [0, 0.05) is 12.6 Å². The van der Waals surface area contributed by atoms with Gasteiger partial charge in [0.15, 0.2) is 0 Å². The van der Waals surface area contributed by atoms with Crippen LogP contribution in [0.4, 0.5) is 0 Å². The van der Waals surface area contributed by atoms with Crippen LogP contribution in [0, 0.1) is 12.8 Å². The van der Waals surface area contributed by atoms with E-state index >= 15 is 0 Å². The molecule has 1 fully saturated rings. The highest BCUT2D eigenvalue weighted by Gasteiger charge is 2.39. The average molecular weight is 300 g/mol. The van der Waals surface area contributed by atoms with Gasteiger partial charge in [-0.1, -0.05) is 20.3 Å². The van der Waals surface area contributed by atoms with E-state index in [1.165, 1.54) is 0 Å². The van der Waals surface area contributed by atoms with Crippen LogP contribution >= 0.6 is 0 Å². The van der Waals surface area contributed by atoms with Crippen molar-refractivity contribution < 1.29 is 8.42 Å². The highest BCUT2D eigenvalue weighted by Crippen LogP contribution is 2.34. The number of aromatic amines is 1. The molecule has 114 valence electrons. The van der Waals surface area contributed by atoms with Gasteiger partial charge in [-0.2, -0.15) is 5.10 Å². The second-order valence-corrected chi connectivity index (χ2v) is 7.08. The molecule has 0 bridgehead atoms. The van der Waals surface area contributed by atoms with E-state index in [4.69, 9.17) is 0 Å². The minimum atomic E-state index is -3.48. The predicted molar refractivity (Wildman–Crippen MR) is 77.8 cm³/mol. The molecule has 2 atom stereocenters. The van der Waals surface area contributed by atoms with Gasteiger partial charge in [0.1, 0.15) is 4.90 Å². The summed E-state index contributed by atoms with van der Waals surface area (Å²) in [6.45, 7) is 7.22. The molecule has 0 amide bonds. The molecular formula is C13H24N4O2S. The van der Waals surface area contributed by atoms with E-state index in [1.54, 1.807) is 6.92 Å². The van der Waals surface area contributed by atoms with Crippen molar-refractivity contribution in [2.24, 2.45) is 5.92 Å². The summed E-state index contributed by atoms with van der Waals surface area (Å²) < 4.78 is 27.8. The van der Waals surface area contributed by atoms with Crippen LogP contribution in [-0.4, -0.2) is 31.2 Å². The van der Waals surface area contributed by atoms with Gasteiger partial charge < -0.3 is 5.32 Å². The minimum Gasteiger partial charge on any atom is -0.311 e. The van der Waals surface area contributed by atoms with Crippen molar-refractivity contribution in [2.75, 3.05) is 6.54 Å². The molecule has 0 spiro atoms. The molecule has 0 aromatic carbocycles. The number of nitrogens with one attached hydrogen (secondary N) is 3. The van der Waals surface area contributed by atoms with Crippen molar-refractivity contribution in [3.05, 3.63) is 11.4 Å². The summed E-state index contributed by atoms with van der Waals surface area (Å²) in [5.74, 6) is 0.485. The molecule has 2 rings (SSSR count). The highest BCUT2D eigenvalue weighted by molar-refractivity contribution is 7.89. The Morgan fingerprint density at radius 1 is 1.40 bits per heavy atom. The third-order valence-electron chi connectivity index (χ3n) is 3.70. The van der Waals surface area contributed by atoms with E-state index in [2.05, 4.69) is 34.1 Å². The summed E-state index contributed by atoms with van der Waals surface area (Å²) in [4.78, 5) is 0.308. The highest BCUT2D eigenvalue weighted by atomic mass is 32.2. The fourth-order valence-electron chi connectivity index (χ4n) is 2.43. The van der Waals surface area contributed by atoms with Crippen LogP contribution < -0.4 is 10.0 Å². The van der Waals surface area contributed by atoms with Crippen LogP contribution in [0.5, 0.6) is 0 Å². The molecule has 1 aliphatic carbocycles. The molecule has 1 heterocycles. The van der Waals surface area contributed by atoms with E-state index in [0.29, 0.717) is 28.7 Å².